The van der Waals surface area contributed by atoms with Gasteiger partial charge >= 0.3 is 5.69 Å². The maximum Gasteiger partial charge on any atom is 0.352 e. The lowest BCUT2D eigenvalue weighted by atomic mass is 10.1. The zero-order valence-electron chi connectivity index (χ0n) is 16.4. The first-order valence-electron chi connectivity index (χ1n) is 9.42. The second-order valence-electron chi connectivity index (χ2n) is 7.25. The first kappa shape index (κ1) is 21.0. The number of carbonyl (C=O) groups excluding carboxylic acids is 1. The van der Waals surface area contributed by atoms with Crippen LogP contribution < -0.4 is 5.69 Å². The molecule has 0 saturated heterocycles. The Labute approximate surface area is 173 Å². The topological polar surface area (TPSA) is 90.0 Å². The lowest BCUT2D eigenvalue weighted by molar-refractivity contribution is -0.120. The summed E-state index contributed by atoms with van der Waals surface area (Å²) in [6, 6.07) is 10.4. The first-order valence-corrected chi connectivity index (χ1v) is 9.80. The first-order chi connectivity index (χ1) is 13.9. The number of nitrogens with zero attached hydrogens (tertiary/aromatic N) is 4. The van der Waals surface area contributed by atoms with Gasteiger partial charge in [0, 0.05) is 29.8 Å². The molecule has 0 aliphatic rings. The summed E-state index contributed by atoms with van der Waals surface area (Å²) in [6.45, 7) is 3.87. The molecule has 0 amide bonds. The van der Waals surface area contributed by atoms with Gasteiger partial charge in [-0.1, -0.05) is 43.6 Å². The Hall–Kier alpha value is -2.77. The molecule has 2 aromatic heterocycles. The van der Waals surface area contributed by atoms with Crippen molar-refractivity contribution < 1.29 is 9.90 Å². The Morgan fingerprint density at radius 2 is 2.03 bits per heavy atom. The minimum Gasteiger partial charge on any atom is -0.396 e. The fourth-order valence-electron chi connectivity index (χ4n) is 3.04. The van der Waals surface area contributed by atoms with Crippen LogP contribution in [-0.4, -0.2) is 36.8 Å². The average molecular weight is 415 g/mol. The molecule has 1 N–H and O–H groups in total. The monoisotopic (exact) mass is 414 g/mol. The molecule has 0 atom stereocenters. The van der Waals surface area contributed by atoms with Crippen molar-refractivity contribution in [1.29, 1.82) is 0 Å². The van der Waals surface area contributed by atoms with Gasteiger partial charge in [0.1, 0.15) is 0 Å². The van der Waals surface area contributed by atoms with Crippen molar-refractivity contribution >= 4 is 17.4 Å². The highest BCUT2D eigenvalue weighted by molar-refractivity contribution is 6.30. The molecule has 0 radical (unpaired) electrons. The fraction of sp³-hybridized carbons (Fsp3) is 0.333. The molecule has 29 heavy (non-hydrogen) atoms. The van der Waals surface area contributed by atoms with Crippen LogP contribution in [0.1, 0.15) is 25.8 Å². The molecule has 0 aliphatic carbocycles. The van der Waals surface area contributed by atoms with Crippen molar-refractivity contribution in [3.05, 3.63) is 63.7 Å². The summed E-state index contributed by atoms with van der Waals surface area (Å²) < 4.78 is 2.54. The minimum absolute atomic E-state index is 0.0203. The lowest BCUT2D eigenvalue weighted by Gasteiger charge is -2.07. The van der Waals surface area contributed by atoms with Crippen molar-refractivity contribution in [2.45, 2.75) is 33.2 Å². The number of aliphatic hydroxyl groups is 1. The SMILES string of the molecule is CC(C)CC(=O)Cn1c(-c2cccc(Cl)c2)nn(-c2ccc(CCO)cn2)c1=O. The summed E-state index contributed by atoms with van der Waals surface area (Å²) >= 11 is 6.11. The second-order valence-corrected chi connectivity index (χ2v) is 7.69. The number of hydrogen-bond acceptors (Lipinski definition) is 5. The summed E-state index contributed by atoms with van der Waals surface area (Å²) in [7, 11) is 0. The van der Waals surface area contributed by atoms with Crippen LogP contribution >= 0.6 is 11.6 Å². The number of pyridine rings is 1. The highest BCUT2D eigenvalue weighted by atomic mass is 35.5. The Bertz CT molecular complexity index is 1050. The van der Waals surface area contributed by atoms with Crippen molar-refractivity contribution in [3.63, 3.8) is 0 Å². The third-order valence-corrected chi connectivity index (χ3v) is 4.58. The molecule has 1 aromatic carbocycles. The van der Waals surface area contributed by atoms with E-state index in [0.717, 1.165) is 5.56 Å². The van der Waals surface area contributed by atoms with Crippen LogP contribution in [0.4, 0.5) is 0 Å². The van der Waals surface area contributed by atoms with E-state index < -0.39 is 5.69 Å². The van der Waals surface area contributed by atoms with Crippen LogP contribution in [0.3, 0.4) is 0 Å². The van der Waals surface area contributed by atoms with Gasteiger partial charge in [0.25, 0.3) is 0 Å². The number of aromatic nitrogens is 4. The van der Waals surface area contributed by atoms with E-state index >= 15 is 0 Å². The number of aliphatic hydroxyl groups excluding tert-OH is 1. The van der Waals surface area contributed by atoms with Gasteiger partial charge in [-0.05, 0) is 36.1 Å². The van der Waals surface area contributed by atoms with Gasteiger partial charge in [0.05, 0.1) is 6.54 Å². The normalized spacial score (nSPS) is 11.2. The number of halogens is 1. The van der Waals surface area contributed by atoms with Crippen molar-refractivity contribution in [2.24, 2.45) is 5.92 Å². The van der Waals surface area contributed by atoms with Crippen molar-refractivity contribution in [3.8, 4) is 17.2 Å². The summed E-state index contributed by atoms with van der Waals surface area (Å²) in [5.41, 5.74) is 1.05. The van der Waals surface area contributed by atoms with Gasteiger partial charge in [0.2, 0.25) is 0 Å². The molecule has 3 rings (SSSR count). The third-order valence-electron chi connectivity index (χ3n) is 4.34. The minimum atomic E-state index is -0.445. The van der Waals surface area contributed by atoms with Gasteiger partial charge in [-0.25, -0.2) is 9.78 Å². The van der Waals surface area contributed by atoms with E-state index in [2.05, 4.69) is 10.1 Å². The van der Waals surface area contributed by atoms with Gasteiger partial charge < -0.3 is 5.11 Å². The van der Waals surface area contributed by atoms with E-state index in [1.807, 2.05) is 13.8 Å². The van der Waals surface area contributed by atoms with Crippen LogP contribution in [0.5, 0.6) is 0 Å². The Morgan fingerprint density at radius 1 is 1.24 bits per heavy atom. The van der Waals surface area contributed by atoms with Gasteiger partial charge in [-0.2, -0.15) is 4.68 Å². The van der Waals surface area contributed by atoms with Crippen molar-refractivity contribution in [2.75, 3.05) is 6.61 Å². The fourth-order valence-corrected chi connectivity index (χ4v) is 3.23. The summed E-state index contributed by atoms with van der Waals surface area (Å²) in [4.78, 5) is 29.8. The van der Waals surface area contributed by atoms with Gasteiger partial charge in [-0.3, -0.25) is 9.36 Å². The Balaban J connectivity index is 2.07. The van der Waals surface area contributed by atoms with Crippen LogP contribution in [0.2, 0.25) is 5.02 Å². The number of benzene rings is 1. The zero-order valence-corrected chi connectivity index (χ0v) is 17.1. The standard InChI is InChI=1S/C21H23ClN4O3/c1-14(2)10-18(28)13-25-20(16-4-3-5-17(22)11-16)24-26(21(25)29)19-7-6-15(8-9-27)12-23-19/h3-7,11-12,14,27H,8-10,13H2,1-2H3. The number of ketones is 1. The number of Topliss-reactive ketones (excluding diaryl/α,β-unsaturated/α-hetero) is 1. The van der Waals surface area contributed by atoms with E-state index in [-0.39, 0.29) is 24.9 Å². The predicted molar refractivity (Wildman–Crippen MR) is 111 cm³/mol. The molecule has 0 aliphatic heterocycles. The molecule has 8 heteroatoms. The van der Waals surface area contributed by atoms with E-state index in [1.165, 1.54) is 9.25 Å². The van der Waals surface area contributed by atoms with E-state index in [1.54, 1.807) is 42.6 Å². The summed E-state index contributed by atoms with van der Waals surface area (Å²) in [6.07, 6.45) is 2.45. The summed E-state index contributed by atoms with van der Waals surface area (Å²) in [5.74, 6) is 0.852. The molecule has 0 unspecified atom stereocenters. The predicted octanol–water partition coefficient (Wildman–Crippen LogP) is 2.90. The largest absolute Gasteiger partial charge is 0.396 e. The van der Waals surface area contributed by atoms with E-state index in [9.17, 15) is 9.59 Å². The third kappa shape index (κ3) is 4.99. The number of hydrogen-bond donors (Lipinski definition) is 1. The molecule has 0 fully saturated rings. The molecule has 152 valence electrons. The lowest BCUT2D eigenvalue weighted by Crippen LogP contribution is -2.27. The quantitative estimate of drug-likeness (QED) is 0.612. The molecule has 7 nitrogen and oxygen atoms in total. The van der Waals surface area contributed by atoms with Crippen LogP contribution in [0, 0.1) is 5.92 Å². The maximum absolute atomic E-state index is 13.1. The molecule has 3 aromatic rings. The smallest absolute Gasteiger partial charge is 0.352 e. The molecule has 0 bridgehead atoms. The average Bonchev–Trinajstić information content (AvgIpc) is 2.98. The Morgan fingerprint density at radius 3 is 2.66 bits per heavy atom. The summed E-state index contributed by atoms with van der Waals surface area (Å²) in [5, 5.41) is 14.0. The Kier molecular flexibility index (Phi) is 6.61. The molecule has 0 spiro atoms. The van der Waals surface area contributed by atoms with Gasteiger partial charge in [0.15, 0.2) is 17.4 Å². The van der Waals surface area contributed by atoms with E-state index in [0.29, 0.717) is 35.1 Å². The molecule has 0 saturated carbocycles. The van der Waals surface area contributed by atoms with Gasteiger partial charge in [-0.15, -0.1) is 5.10 Å². The van der Waals surface area contributed by atoms with Crippen LogP contribution in [-0.2, 0) is 17.8 Å². The van der Waals surface area contributed by atoms with Crippen molar-refractivity contribution in [1.82, 2.24) is 19.3 Å². The highest BCUT2D eigenvalue weighted by Crippen LogP contribution is 2.21. The zero-order chi connectivity index (χ0) is 21.0. The van der Waals surface area contributed by atoms with E-state index in [4.69, 9.17) is 16.7 Å². The molecule has 2 heterocycles. The van der Waals surface area contributed by atoms with Crippen LogP contribution in [0.15, 0.2) is 47.4 Å². The molecular formula is C21H23ClN4O3. The number of rotatable bonds is 8. The number of carbonyl (C=O) groups is 1. The molecular weight excluding hydrogens is 392 g/mol. The maximum atomic E-state index is 13.1. The highest BCUT2D eigenvalue weighted by Gasteiger charge is 2.19. The second kappa shape index (κ2) is 9.15. The van der Waals surface area contributed by atoms with Crippen LogP contribution in [0.25, 0.3) is 17.2 Å².